The second-order valence-electron chi connectivity index (χ2n) is 7.31. The quantitative estimate of drug-likeness (QED) is 0.661. The summed E-state index contributed by atoms with van der Waals surface area (Å²) in [4.78, 5) is 24.4. The number of carbonyl (C=O) groups is 2. The van der Waals surface area contributed by atoms with E-state index in [2.05, 4.69) is 17.8 Å². The minimum Gasteiger partial charge on any atom is -0.273 e. The molecule has 0 aliphatic carbocycles. The van der Waals surface area contributed by atoms with Gasteiger partial charge in [0.15, 0.2) is 0 Å². The molecule has 7 nitrogen and oxygen atoms in total. The van der Waals surface area contributed by atoms with Crippen LogP contribution in [0.4, 0.5) is 0 Å². The standard InChI is InChI=1S/C22H27N3O4S/c1-2-17-5-7-18(8-6-17)9-14-21(26)23-24-22(27)19-10-12-20(13-11-19)30(28,29)25-15-3-4-16-25/h5-8,10-13H,2-4,9,14-16H2,1H3,(H,23,26)(H,24,27). The Balaban J connectivity index is 1.48. The van der Waals surface area contributed by atoms with Crippen LogP contribution in [0.25, 0.3) is 0 Å². The maximum Gasteiger partial charge on any atom is 0.269 e. The van der Waals surface area contributed by atoms with Gasteiger partial charge in [-0.2, -0.15) is 4.31 Å². The summed E-state index contributed by atoms with van der Waals surface area (Å²) in [6.45, 7) is 3.14. The highest BCUT2D eigenvalue weighted by atomic mass is 32.2. The summed E-state index contributed by atoms with van der Waals surface area (Å²) in [5.41, 5.74) is 7.34. The van der Waals surface area contributed by atoms with Gasteiger partial charge >= 0.3 is 0 Å². The molecule has 0 spiro atoms. The zero-order valence-corrected chi connectivity index (χ0v) is 17.9. The zero-order chi connectivity index (χ0) is 21.6. The Bertz CT molecular complexity index is 980. The molecule has 160 valence electrons. The van der Waals surface area contributed by atoms with Crippen molar-refractivity contribution in [3.8, 4) is 0 Å². The Labute approximate surface area is 177 Å². The predicted octanol–water partition coefficient (Wildman–Crippen LogP) is 2.43. The maximum absolute atomic E-state index is 12.5. The van der Waals surface area contributed by atoms with Crippen molar-refractivity contribution in [2.75, 3.05) is 13.1 Å². The van der Waals surface area contributed by atoms with Gasteiger partial charge in [0, 0.05) is 25.1 Å². The molecule has 8 heteroatoms. The molecule has 0 bridgehead atoms. The topological polar surface area (TPSA) is 95.6 Å². The monoisotopic (exact) mass is 429 g/mol. The maximum atomic E-state index is 12.5. The summed E-state index contributed by atoms with van der Waals surface area (Å²) in [7, 11) is -3.51. The summed E-state index contributed by atoms with van der Waals surface area (Å²) in [6.07, 6.45) is 3.53. The molecule has 1 fully saturated rings. The van der Waals surface area contributed by atoms with E-state index >= 15 is 0 Å². The summed E-state index contributed by atoms with van der Waals surface area (Å²) in [5.74, 6) is -0.795. The second kappa shape index (κ2) is 9.86. The molecule has 0 aromatic heterocycles. The van der Waals surface area contributed by atoms with E-state index in [1.165, 1.54) is 34.1 Å². The molecule has 0 unspecified atom stereocenters. The number of carbonyl (C=O) groups excluding carboxylic acids is 2. The molecule has 1 aliphatic rings. The fourth-order valence-corrected chi connectivity index (χ4v) is 4.83. The molecule has 2 aromatic carbocycles. The number of nitrogens with one attached hydrogen (secondary N) is 2. The van der Waals surface area contributed by atoms with Crippen molar-refractivity contribution in [2.45, 2.75) is 43.9 Å². The second-order valence-corrected chi connectivity index (χ2v) is 9.25. The molecule has 1 aliphatic heterocycles. The van der Waals surface area contributed by atoms with E-state index in [1.807, 2.05) is 24.3 Å². The molecule has 0 atom stereocenters. The lowest BCUT2D eigenvalue weighted by Gasteiger charge is -2.15. The van der Waals surface area contributed by atoms with Crippen LogP contribution in [0.2, 0.25) is 0 Å². The highest BCUT2D eigenvalue weighted by Crippen LogP contribution is 2.21. The molecule has 0 radical (unpaired) electrons. The first-order valence-corrected chi connectivity index (χ1v) is 11.6. The van der Waals surface area contributed by atoms with Gasteiger partial charge in [0.2, 0.25) is 15.9 Å². The Morgan fingerprint density at radius 1 is 0.900 bits per heavy atom. The first-order valence-electron chi connectivity index (χ1n) is 10.2. The Kier molecular flexibility index (Phi) is 7.23. The van der Waals surface area contributed by atoms with Crippen LogP contribution in [-0.4, -0.2) is 37.6 Å². The van der Waals surface area contributed by atoms with E-state index in [0.29, 0.717) is 19.5 Å². The molecule has 1 saturated heterocycles. The number of nitrogens with zero attached hydrogens (tertiary/aromatic N) is 1. The van der Waals surface area contributed by atoms with Crippen molar-refractivity contribution < 1.29 is 18.0 Å². The number of benzene rings is 2. The molecule has 0 saturated carbocycles. The van der Waals surface area contributed by atoms with E-state index in [-0.39, 0.29) is 22.8 Å². The van der Waals surface area contributed by atoms with Crippen LogP contribution >= 0.6 is 0 Å². The van der Waals surface area contributed by atoms with Crippen LogP contribution in [0.3, 0.4) is 0 Å². The Morgan fingerprint density at radius 3 is 2.10 bits per heavy atom. The van der Waals surface area contributed by atoms with Crippen LogP contribution in [0, 0.1) is 0 Å². The number of hydrogen-bond donors (Lipinski definition) is 2. The van der Waals surface area contributed by atoms with Gasteiger partial charge in [-0.15, -0.1) is 0 Å². The van der Waals surface area contributed by atoms with Gasteiger partial charge in [-0.05, 0) is 61.1 Å². The smallest absolute Gasteiger partial charge is 0.269 e. The fraction of sp³-hybridized carbons (Fsp3) is 0.364. The van der Waals surface area contributed by atoms with Crippen molar-refractivity contribution >= 4 is 21.8 Å². The van der Waals surface area contributed by atoms with E-state index < -0.39 is 15.9 Å². The van der Waals surface area contributed by atoms with Crippen molar-refractivity contribution in [1.29, 1.82) is 0 Å². The number of hydrazine groups is 1. The van der Waals surface area contributed by atoms with Crippen LogP contribution < -0.4 is 10.9 Å². The van der Waals surface area contributed by atoms with Crippen LogP contribution in [-0.2, 0) is 27.7 Å². The molecule has 30 heavy (non-hydrogen) atoms. The third-order valence-electron chi connectivity index (χ3n) is 5.21. The van der Waals surface area contributed by atoms with Crippen molar-refractivity contribution in [2.24, 2.45) is 0 Å². The number of hydrogen-bond acceptors (Lipinski definition) is 4. The molecule has 1 heterocycles. The molecule has 2 aromatic rings. The number of sulfonamides is 1. The van der Waals surface area contributed by atoms with E-state index in [4.69, 9.17) is 0 Å². The molecular weight excluding hydrogens is 402 g/mol. The largest absolute Gasteiger partial charge is 0.273 e. The zero-order valence-electron chi connectivity index (χ0n) is 17.1. The molecular formula is C22H27N3O4S. The minimum atomic E-state index is -3.51. The number of rotatable bonds is 7. The van der Waals surface area contributed by atoms with Crippen molar-refractivity contribution in [3.63, 3.8) is 0 Å². The summed E-state index contributed by atoms with van der Waals surface area (Å²) >= 11 is 0. The van der Waals surface area contributed by atoms with Gasteiger partial charge in [0.1, 0.15) is 0 Å². The third-order valence-corrected chi connectivity index (χ3v) is 7.12. The molecule has 3 rings (SSSR count). The third kappa shape index (κ3) is 5.46. The lowest BCUT2D eigenvalue weighted by Crippen LogP contribution is -2.41. The Morgan fingerprint density at radius 2 is 1.50 bits per heavy atom. The van der Waals surface area contributed by atoms with Crippen molar-refractivity contribution in [1.82, 2.24) is 15.2 Å². The lowest BCUT2D eigenvalue weighted by atomic mass is 10.1. The van der Waals surface area contributed by atoms with Gasteiger partial charge in [-0.25, -0.2) is 8.42 Å². The van der Waals surface area contributed by atoms with Gasteiger partial charge in [0.05, 0.1) is 4.90 Å². The minimum absolute atomic E-state index is 0.166. The van der Waals surface area contributed by atoms with Gasteiger partial charge in [-0.1, -0.05) is 31.2 Å². The molecule has 2 amide bonds. The van der Waals surface area contributed by atoms with Gasteiger partial charge in [-0.3, -0.25) is 20.4 Å². The van der Waals surface area contributed by atoms with Crippen LogP contribution in [0.1, 0.15) is 47.7 Å². The number of aryl methyl sites for hydroxylation is 2. The lowest BCUT2D eigenvalue weighted by molar-refractivity contribution is -0.121. The van der Waals surface area contributed by atoms with E-state index in [0.717, 1.165) is 24.8 Å². The highest BCUT2D eigenvalue weighted by Gasteiger charge is 2.27. The van der Waals surface area contributed by atoms with E-state index in [1.54, 1.807) is 0 Å². The number of amides is 2. The van der Waals surface area contributed by atoms with Gasteiger partial charge in [0.25, 0.3) is 5.91 Å². The average molecular weight is 430 g/mol. The highest BCUT2D eigenvalue weighted by molar-refractivity contribution is 7.89. The van der Waals surface area contributed by atoms with Crippen LogP contribution in [0.15, 0.2) is 53.4 Å². The normalized spacial score (nSPS) is 14.4. The predicted molar refractivity (Wildman–Crippen MR) is 114 cm³/mol. The fourth-order valence-electron chi connectivity index (χ4n) is 3.32. The average Bonchev–Trinajstić information content (AvgIpc) is 3.32. The van der Waals surface area contributed by atoms with Crippen molar-refractivity contribution in [3.05, 3.63) is 65.2 Å². The first-order chi connectivity index (χ1) is 14.4. The summed E-state index contributed by atoms with van der Waals surface area (Å²) in [5, 5.41) is 0. The molecule has 2 N–H and O–H groups in total. The summed E-state index contributed by atoms with van der Waals surface area (Å²) in [6, 6.07) is 13.8. The first kappa shape index (κ1) is 22.0. The Hall–Kier alpha value is -2.71. The summed E-state index contributed by atoms with van der Waals surface area (Å²) < 4.78 is 26.5. The SMILES string of the molecule is CCc1ccc(CCC(=O)NNC(=O)c2ccc(S(=O)(=O)N3CCCC3)cc2)cc1. The van der Waals surface area contributed by atoms with E-state index in [9.17, 15) is 18.0 Å². The van der Waals surface area contributed by atoms with Crippen LogP contribution in [0.5, 0.6) is 0 Å². The van der Waals surface area contributed by atoms with Gasteiger partial charge < -0.3 is 0 Å².